The number of cyclic esters (lactones) is 2. The van der Waals surface area contributed by atoms with Crippen molar-refractivity contribution in [3.8, 4) is 0 Å². The van der Waals surface area contributed by atoms with Crippen molar-refractivity contribution < 1.29 is 43.6 Å². The van der Waals surface area contributed by atoms with E-state index in [4.69, 9.17) is 9.47 Å². The van der Waals surface area contributed by atoms with Crippen LogP contribution in [0.4, 0.5) is 5.69 Å². The van der Waals surface area contributed by atoms with Gasteiger partial charge in [-0.1, -0.05) is 43.3 Å². The summed E-state index contributed by atoms with van der Waals surface area (Å²) < 4.78 is 17.7. The van der Waals surface area contributed by atoms with Crippen LogP contribution in [0.2, 0.25) is 0 Å². The van der Waals surface area contributed by atoms with Crippen molar-refractivity contribution in [1.29, 1.82) is 0 Å². The fourth-order valence-corrected chi connectivity index (χ4v) is 6.44. The van der Waals surface area contributed by atoms with E-state index in [9.17, 15) is 29.4 Å². The highest BCUT2D eigenvalue weighted by Gasteiger charge is 2.38. The Morgan fingerprint density at radius 1 is 0.826 bits per heavy atom. The molecule has 6 rings (SSSR count). The molecule has 0 spiro atoms. The Morgan fingerprint density at radius 2 is 1.54 bits per heavy atom. The second kappa shape index (κ2) is 13.3. The quantitative estimate of drug-likeness (QED) is 0.113. The molecule has 1 fully saturated rings. The van der Waals surface area contributed by atoms with Gasteiger partial charge in [-0.15, -0.1) is 11.8 Å². The number of carboxylic acid groups (broad SMARTS) is 1. The van der Waals surface area contributed by atoms with Crippen molar-refractivity contribution in [2.24, 2.45) is 5.92 Å². The third-order valence-electron chi connectivity index (χ3n) is 7.96. The average molecular weight is 640 g/mol. The molecule has 3 N–H and O–H groups in total. The molecule has 2 aliphatic heterocycles. The average Bonchev–Trinajstić information content (AvgIpc) is 3.36. The van der Waals surface area contributed by atoms with Crippen LogP contribution in [0.1, 0.15) is 77.4 Å². The Bertz CT molecular complexity index is 1810. The highest BCUT2D eigenvalue weighted by molar-refractivity contribution is 7.99. The van der Waals surface area contributed by atoms with Crippen molar-refractivity contribution in [3.63, 3.8) is 0 Å². The molecule has 2 aliphatic rings. The van der Waals surface area contributed by atoms with E-state index in [1.165, 1.54) is 18.2 Å². The number of aromatic carboxylic acids is 1. The Morgan fingerprint density at radius 3 is 2.26 bits per heavy atom. The molecular weight excluding hydrogens is 610 g/mol. The first-order valence-electron chi connectivity index (χ1n) is 14.5. The van der Waals surface area contributed by atoms with E-state index < -0.39 is 30.1 Å². The molecule has 10 nitrogen and oxygen atoms in total. The topological polar surface area (TPSA) is 148 Å². The standard InChI is InChI=1S/C35H29NO9S/c1-19-29(18-46-26-12-9-22(10-13-26)32(39)40)43-35(44-30(19)21-7-5-20(17-37)6-8-21)24-3-2-4-25(15-24)36-31(38)23-11-14-27-28(16-23)34(42)45-33(27)41/h2-16,19,29-30,35,37H,17-18H2,1H3,(H,36,38)(H,39,40)/t19-,29+,30+,35?/m0/s1. The number of hydrogen-bond acceptors (Lipinski definition) is 9. The molecule has 1 saturated heterocycles. The lowest BCUT2D eigenvalue weighted by atomic mass is 9.91. The summed E-state index contributed by atoms with van der Waals surface area (Å²) >= 11 is 1.55. The molecular formula is C35H29NO9S. The van der Waals surface area contributed by atoms with Crippen LogP contribution in [-0.4, -0.2) is 45.9 Å². The van der Waals surface area contributed by atoms with Gasteiger partial charge in [0, 0.05) is 33.4 Å². The van der Waals surface area contributed by atoms with Crippen LogP contribution in [0, 0.1) is 5.92 Å². The van der Waals surface area contributed by atoms with Gasteiger partial charge in [0.25, 0.3) is 5.91 Å². The van der Waals surface area contributed by atoms with E-state index in [0.717, 1.165) is 16.0 Å². The minimum absolute atomic E-state index is 0.0457. The molecule has 4 atom stereocenters. The van der Waals surface area contributed by atoms with Gasteiger partial charge in [-0.2, -0.15) is 0 Å². The van der Waals surface area contributed by atoms with Gasteiger partial charge in [0.2, 0.25) is 0 Å². The summed E-state index contributed by atoms with van der Waals surface area (Å²) in [6.07, 6.45) is -1.40. The van der Waals surface area contributed by atoms with Gasteiger partial charge < -0.3 is 29.7 Å². The lowest BCUT2D eigenvalue weighted by molar-refractivity contribution is -0.268. The van der Waals surface area contributed by atoms with Crippen LogP contribution < -0.4 is 5.32 Å². The fourth-order valence-electron chi connectivity index (χ4n) is 5.37. The molecule has 46 heavy (non-hydrogen) atoms. The monoisotopic (exact) mass is 639 g/mol. The van der Waals surface area contributed by atoms with Crippen molar-refractivity contribution in [1.82, 2.24) is 0 Å². The molecule has 0 saturated carbocycles. The number of anilines is 1. The number of ether oxygens (including phenoxy) is 3. The van der Waals surface area contributed by atoms with Gasteiger partial charge in [-0.25, -0.2) is 14.4 Å². The largest absolute Gasteiger partial charge is 0.478 e. The van der Waals surface area contributed by atoms with Crippen molar-refractivity contribution in [2.45, 2.75) is 36.9 Å². The number of carbonyl (C=O) groups is 4. The van der Waals surface area contributed by atoms with E-state index in [1.807, 2.05) is 30.3 Å². The molecule has 0 radical (unpaired) electrons. The third kappa shape index (κ3) is 6.58. The lowest BCUT2D eigenvalue weighted by Crippen LogP contribution is -2.38. The lowest BCUT2D eigenvalue weighted by Gasteiger charge is -2.41. The van der Waals surface area contributed by atoms with Gasteiger partial charge >= 0.3 is 17.9 Å². The summed E-state index contributed by atoms with van der Waals surface area (Å²) in [7, 11) is 0. The molecule has 1 amide bonds. The van der Waals surface area contributed by atoms with E-state index in [2.05, 4.69) is 17.0 Å². The second-order valence-corrected chi connectivity index (χ2v) is 12.1. The molecule has 4 aromatic carbocycles. The predicted octanol–water partition coefficient (Wildman–Crippen LogP) is 6.02. The maximum atomic E-state index is 13.1. The van der Waals surface area contributed by atoms with E-state index in [1.54, 1.807) is 54.2 Å². The number of fused-ring (bicyclic) bond motifs is 1. The minimum Gasteiger partial charge on any atom is -0.478 e. The maximum Gasteiger partial charge on any atom is 0.346 e. The normalized spacial score (nSPS) is 20.6. The minimum atomic E-state index is -0.984. The number of carbonyl (C=O) groups excluding carboxylic acids is 3. The summed E-state index contributed by atoms with van der Waals surface area (Å²) in [6, 6.07) is 25.5. The summed E-state index contributed by atoms with van der Waals surface area (Å²) in [5, 5.41) is 21.6. The van der Waals surface area contributed by atoms with Crippen LogP contribution in [0.3, 0.4) is 0 Å². The molecule has 1 unspecified atom stereocenters. The molecule has 2 heterocycles. The maximum absolute atomic E-state index is 13.1. The summed E-state index contributed by atoms with van der Waals surface area (Å²) in [5.41, 5.74) is 3.43. The zero-order valence-corrected chi connectivity index (χ0v) is 25.4. The zero-order valence-electron chi connectivity index (χ0n) is 24.5. The number of esters is 2. The number of aliphatic hydroxyl groups excluding tert-OH is 1. The van der Waals surface area contributed by atoms with Crippen LogP contribution in [0.15, 0.2) is 95.9 Å². The first kappa shape index (κ1) is 31.2. The fraction of sp³-hybridized carbons (Fsp3) is 0.200. The van der Waals surface area contributed by atoms with Gasteiger partial charge in [0.1, 0.15) is 0 Å². The number of aliphatic hydroxyl groups is 1. The highest BCUT2D eigenvalue weighted by Crippen LogP contribution is 2.43. The third-order valence-corrected chi connectivity index (χ3v) is 9.06. The number of nitrogens with one attached hydrogen (secondary N) is 1. The van der Waals surface area contributed by atoms with Crippen LogP contribution in [-0.2, 0) is 20.8 Å². The Labute approximate surface area is 268 Å². The van der Waals surface area contributed by atoms with Gasteiger partial charge in [0.05, 0.1) is 35.5 Å². The summed E-state index contributed by atoms with van der Waals surface area (Å²) in [5.74, 6) is -2.49. The molecule has 0 aliphatic carbocycles. The number of benzene rings is 4. The molecule has 11 heteroatoms. The van der Waals surface area contributed by atoms with Gasteiger partial charge in [-0.05, 0) is 65.7 Å². The first-order chi connectivity index (χ1) is 22.2. The van der Waals surface area contributed by atoms with E-state index >= 15 is 0 Å². The van der Waals surface area contributed by atoms with Crippen molar-refractivity contribution in [2.75, 3.05) is 11.1 Å². The van der Waals surface area contributed by atoms with Gasteiger partial charge in [0.15, 0.2) is 6.29 Å². The van der Waals surface area contributed by atoms with Crippen LogP contribution in [0.5, 0.6) is 0 Å². The molecule has 0 bridgehead atoms. The molecule has 234 valence electrons. The SMILES string of the molecule is C[C@H]1[C@@H](CSc2ccc(C(=O)O)cc2)OC(c2cccc(NC(=O)c3ccc4c(c3)C(=O)OC4=O)c2)O[C@H]1c1ccc(CO)cc1. The van der Waals surface area contributed by atoms with E-state index in [0.29, 0.717) is 17.0 Å². The number of carboxylic acids is 1. The second-order valence-electron chi connectivity index (χ2n) is 11.0. The Kier molecular flexibility index (Phi) is 9.00. The number of hydrogen-bond donors (Lipinski definition) is 3. The summed E-state index contributed by atoms with van der Waals surface area (Å²) in [6.45, 7) is 1.98. The number of amides is 1. The van der Waals surface area contributed by atoms with Crippen LogP contribution in [0.25, 0.3) is 0 Å². The Balaban J connectivity index is 1.22. The van der Waals surface area contributed by atoms with Crippen molar-refractivity contribution >= 4 is 41.3 Å². The number of rotatable bonds is 9. The smallest absolute Gasteiger partial charge is 0.346 e. The van der Waals surface area contributed by atoms with Crippen LogP contribution >= 0.6 is 11.8 Å². The molecule has 0 aromatic heterocycles. The van der Waals surface area contributed by atoms with E-state index in [-0.39, 0.29) is 47.0 Å². The highest BCUT2D eigenvalue weighted by atomic mass is 32.2. The zero-order chi connectivity index (χ0) is 32.4. The number of thioether (sulfide) groups is 1. The Hall–Kier alpha value is -4.81. The predicted molar refractivity (Wildman–Crippen MR) is 168 cm³/mol. The molecule has 4 aromatic rings. The van der Waals surface area contributed by atoms with Crippen molar-refractivity contribution in [3.05, 3.63) is 130 Å². The van der Waals surface area contributed by atoms with Gasteiger partial charge in [-0.3, -0.25) is 4.79 Å². The first-order valence-corrected chi connectivity index (χ1v) is 15.5. The summed E-state index contributed by atoms with van der Waals surface area (Å²) in [4.78, 5) is 49.0.